The zero-order valence-corrected chi connectivity index (χ0v) is 16.6. The molecule has 2 saturated heterocycles. The number of benzene rings is 1. The van der Waals surface area contributed by atoms with Crippen molar-refractivity contribution < 1.29 is 4.79 Å². The van der Waals surface area contributed by atoms with Gasteiger partial charge in [0.05, 0.1) is 0 Å². The summed E-state index contributed by atoms with van der Waals surface area (Å²) in [7, 11) is 0. The smallest absolute Gasteiger partial charge is 0.274 e. The molecule has 0 unspecified atom stereocenters. The first kappa shape index (κ1) is 18.9. The summed E-state index contributed by atoms with van der Waals surface area (Å²) < 4.78 is 0. The number of hydrogen-bond donors (Lipinski definition) is 0. The molecule has 0 radical (unpaired) electrons. The van der Waals surface area contributed by atoms with E-state index in [1.165, 1.54) is 31.2 Å². The molecule has 0 atom stereocenters. The molecule has 28 heavy (non-hydrogen) atoms. The van der Waals surface area contributed by atoms with Crippen molar-refractivity contribution in [3.8, 4) is 0 Å². The molecule has 0 saturated carbocycles. The number of carbonyl (C=O) groups excluding carboxylic acids is 1. The van der Waals surface area contributed by atoms with Crippen LogP contribution in [0.25, 0.3) is 0 Å². The minimum Gasteiger partial charge on any atom is -0.355 e. The standard InChI is InChI=1S/C23H30N4O/c28-23(21-10-11-22(25-24-21)26-14-6-1-2-7-15-26)27-16-12-20(13-17-27)18-19-8-4-3-5-9-19/h3-5,8-11,20H,1-2,6-7,12-18H2. The average molecular weight is 379 g/mol. The van der Waals surface area contributed by atoms with E-state index in [-0.39, 0.29) is 5.91 Å². The van der Waals surface area contributed by atoms with Crippen LogP contribution < -0.4 is 4.90 Å². The van der Waals surface area contributed by atoms with Crippen molar-refractivity contribution in [2.45, 2.75) is 44.9 Å². The van der Waals surface area contributed by atoms with E-state index in [9.17, 15) is 4.79 Å². The first-order valence-electron chi connectivity index (χ1n) is 10.7. The third-order valence-corrected chi connectivity index (χ3v) is 6.07. The monoisotopic (exact) mass is 378 g/mol. The van der Waals surface area contributed by atoms with Crippen LogP contribution in [-0.4, -0.2) is 47.2 Å². The summed E-state index contributed by atoms with van der Waals surface area (Å²) in [5.41, 5.74) is 1.86. The van der Waals surface area contributed by atoms with Crippen LogP contribution in [0.3, 0.4) is 0 Å². The fraction of sp³-hybridized carbons (Fsp3) is 0.522. The Hall–Kier alpha value is -2.43. The van der Waals surface area contributed by atoms with E-state index in [1.807, 2.05) is 17.0 Å². The van der Waals surface area contributed by atoms with E-state index < -0.39 is 0 Å². The van der Waals surface area contributed by atoms with Crippen molar-refractivity contribution in [1.82, 2.24) is 15.1 Å². The van der Waals surface area contributed by atoms with E-state index in [0.717, 1.165) is 51.3 Å². The number of carbonyl (C=O) groups is 1. The summed E-state index contributed by atoms with van der Waals surface area (Å²) in [6.07, 6.45) is 8.22. The number of hydrogen-bond acceptors (Lipinski definition) is 4. The molecule has 2 aliphatic rings. The molecule has 4 rings (SSSR count). The van der Waals surface area contributed by atoms with Crippen LogP contribution in [0.15, 0.2) is 42.5 Å². The molecule has 2 aliphatic heterocycles. The lowest BCUT2D eigenvalue weighted by Gasteiger charge is -2.32. The third-order valence-electron chi connectivity index (χ3n) is 6.07. The van der Waals surface area contributed by atoms with Gasteiger partial charge in [0, 0.05) is 26.2 Å². The van der Waals surface area contributed by atoms with Gasteiger partial charge >= 0.3 is 0 Å². The van der Waals surface area contributed by atoms with Gasteiger partial charge in [-0.2, -0.15) is 0 Å². The average Bonchev–Trinajstić information content (AvgIpc) is 3.04. The summed E-state index contributed by atoms with van der Waals surface area (Å²) >= 11 is 0. The van der Waals surface area contributed by atoms with Gasteiger partial charge in [0.1, 0.15) is 0 Å². The van der Waals surface area contributed by atoms with Gasteiger partial charge in [-0.25, -0.2) is 0 Å². The Kier molecular flexibility index (Phi) is 6.20. The predicted molar refractivity (Wildman–Crippen MR) is 111 cm³/mol. The highest BCUT2D eigenvalue weighted by atomic mass is 16.2. The Morgan fingerprint density at radius 2 is 1.57 bits per heavy atom. The molecule has 5 nitrogen and oxygen atoms in total. The zero-order chi connectivity index (χ0) is 19.2. The van der Waals surface area contributed by atoms with Crippen LogP contribution in [-0.2, 0) is 6.42 Å². The number of amides is 1. The highest BCUT2D eigenvalue weighted by Gasteiger charge is 2.25. The minimum atomic E-state index is 0.0214. The van der Waals surface area contributed by atoms with Gasteiger partial charge in [-0.1, -0.05) is 43.2 Å². The lowest BCUT2D eigenvalue weighted by molar-refractivity contribution is 0.0683. The largest absolute Gasteiger partial charge is 0.355 e. The van der Waals surface area contributed by atoms with Gasteiger partial charge in [-0.15, -0.1) is 10.2 Å². The van der Waals surface area contributed by atoms with Crippen molar-refractivity contribution in [1.29, 1.82) is 0 Å². The molecular formula is C23H30N4O. The van der Waals surface area contributed by atoms with Gasteiger partial charge in [0.2, 0.25) is 0 Å². The number of likely N-dealkylation sites (tertiary alicyclic amines) is 1. The second-order valence-corrected chi connectivity index (χ2v) is 8.10. The molecule has 0 aliphatic carbocycles. The number of piperidine rings is 1. The van der Waals surface area contributed by atoms with Crippen molar-refractivity contribution in [2.24, 2.45) is 5.92 Å². The summed E-state index contributed by atoms with van der Waals surface area (Å²) in [5, 5.41) is 8.62. The second kappa shape index (κ2) is 9.18. The van der Waals surface area contributed by atoms with E-state index in [4.69, 9.17) is 0 Å². The molecule has 2 fully saturated rings. The van der Waals surface area contributed by atoms with Crippen molar-refractivity contribution in [3.63, 3.8) is 0 Å². The maximum atomic E-state index is 12.8. The summed E-state index contributed by atoms with van der Waals surface area (Å²) in [5.74, 6) is 1.58. The third kappa shape index (κ3) is 4.70. The fourth-order valence-electron chi connectivity index (χ4n) is 4.36. The first-order chi connectivity index (χ1) is 13.8. The summed E-state index contributed by atoms with van der Waals surface area (Å²) in [6, 6.07) is 14.5. The van der Waals surface area contributed by atoms with Gasteiger partial charge in [-0.3, -0.25) is 4.79 Å². The lowest BCUT2D eigenvalue weighted by Crippen LogP contribution is -2.39. The molecule has 2 aromatic rings. The van der Waals surface area contributed by atoms with Crippen LogP contribution in [0, 0.1) is 5.92 Å². The zero-order valence-electron chi connectivity index (χ0n) is 16.6. The van der Waals surface area contributed by atoms with E-state index in [0.29, 0.717) is 11.6 Å². The number of rotatable bonds is 4. The summed E-state index contributed by atoms with van der Waals surface area (Å²) in [4.78, 5) is 17.1. The van der Waals surface area contributed by atoms with Crippen LogP contribution >= 0.6 is 0 Å². The van der Waals surface area contributed by atoms with E-state index >= 15 is 0 Å². The van der Waals surface area contributed by atoms with Crippen molar-refractivity contribution in [3.05, 3.63) is 53.7 Å². The SMILES string of the molecule is O=C(c1ccc(N2CCCCCC2)nn1)N1CCC(Cc2ccccc2)CC1. The normalized spacial score (nSPS) is 18.7. The maximum Gasteiger partial charge on any atom is 0.274 e. The molecule has 0 N–H and O–H groups in total. The Balaban J connectivity index is 1.31. The lowest BCUT2D eigenvalue weighted by atomic mass is 9.90. The van der Waals surface area contributed by atoms with Crippen LogP contribution in [0.4, 0.5) is 5.82 Å². The van der Waals surface area contributed by atoms with Crippen LogP contribution in [0.1, 0.15) is 54.6 Å². The Bertz CT molecular complexity index is 746. The van der Waals surface area contributed by atoms with Crippen LogP contribution in [0.5, 0.6) is 0 Å². The maximum absolute atomic E-state index is 12.8. The van der Waals surface area contributed by atoms with Crippen LogP contribution in [0.2, 0.25) is 0 Å². The van der Waals surface area contributed by atoms with Gasteiger partial charge in [-0.05, 0) is 55.7 Å². The Labute approximate surface area is 167 Å². The Morgan fingerprint density at radius 3 is 2.21 bits per heavy atom. The highest BCUT2D eigenvalue weighted by molar-refractivity contribution is 5.92. The molecule has 5 heteroatoms. The van der Waals surface area contributed by atoms with Crippen molar-refractivity contribution in [2.75, 3.05) is 31.1 Å². The second-order valence-electron chi connectivity index (χ2n) is 8.10. The first-order valence-corrected chi connectivity index (χ1v) is 10.7. The molecule has 1 aromatic carbocycles. The topological polar surface area (TPSA) is 49.3 Å². The Morgan fingerprint density at radius 1 is 0.857 bits per heavy atom. The molecule has 0 bridgehead atoms. The number of aromatic nitrogens is 2. The van der Waals surface area contributed by atoms with Gasteiger partial charge in [0.15, 0.2) is 11.5 Å². The van der Waals surface area contributed by atoms with Gasteiger partial charge in [0.25, 0.3) is 5.91 Å². The van der Waals surface area contributed by atoms with Gasteiger partial charge < -0.3 is 9.80 Å². The quantitative estimate of drug-likeness (QED) is 0.808. The predicted octanol–water partition coefficient (Wildman–Crippen LogP) is 3.95. The molecule has 0 spiro atoms. The molecular weight excluding hydrogens is 348 g/mol. The van der Waals surface area contributed by atoms with E-state index in [1.54, 1.807) is 0 Å². The molecule has 3 heterocycles. The number of anilines is 1. The molecule has 1 amide bonds. The minimum absolute atomic E-state index is 0.0214. The highest BCUT2D eigenvalue weighted by Crippen LogP contribution is 2.23. The molecule has 1 aromatic heterocycles. The molecule has 148 valence electrons. The fourth-order valence-corrected chi connectivity index (χ4v) is 4.36. The van der Waals surface area contributed by atoms with Crippen molar-refractivity contribution >= 4 is 11.7 Å². The summed E-state index contributed by atoms with van der Waals surface area (Å²) in [6.45, 7) is 3.70. The number of nitrogens with zero attached hydrogens (tertiary/aromatic N) is 4. The van der Waals surface area contributed by atoms with E-state index in [2.05, 4.69) is 45.4 Å².